The topological polar surface area (TPSA) is 55.1 Å². The van der Waals surface area contributed by atoms with Crippen molar-refractivity contribution in [1.29, 1.82) is 0 Å². The van der Waals surface area contributed by atoms with Crippen LogP contribution in [0.3, 0.4) is 0 Å². The maximum Gasteiger partial charge on any atom is 0.253 e. The molecule has 0 radical (unpaired) electrons. The van der Waals surface area contributed by atoms with Gasteiger partial charge in [-0.05, 0) is 17.7 Å². The van der Waals surface area contributed by atoms with Gasteiger partial charge in [0.1, 0.15) is 0 Å². The van der Waals surface area contributed by atoms with E-state index in [-0.39, 0.29) is 11.3 Å². The van der Waals surface area contributed by atoms with Crippen molar-refractivity contribution >= 4 is 11.6 Å². The quantitative estimate of drug-likeness (QED) is 0.838. The van der Waals surface area contributed by atoms with Crippen molar-refractivity contribution in [3.8, 4) is 0 Å². The maximum atomic E-state index is 12.2. The number of nitrogens with one attached hydrogen (secondary N) is 1. The molecule has 1 amide bonds. The minimum Gasteiger partial charge on any atom is -0.398 e. The van der Waals surface area contributed by atoms with Gasteiger partial charge in [0, 0.05) is 17.6 Å². The monoisotopic (exact) mass is 268 g/mol. The first kappa shape index (κ1) is 14.1. The lowest BCUT2D eigenvalue weighted by molar-refractivity contribution is 0.0946. The molecule has 2 rings (SSSR count). The number of rotatable bonds is 4. The summed E-state index contributed by atoms with van der Waals surface area (Å²) in [6.45, 7) is 4.78. The van der Waals surface area contributed by atoms with Crippen LogP contribution in [-0.4, -0.2) is 12.5 Å². The first-order valence-electron chi connectivity index (χ1n) is 6.69. The molecule has 0 aliphatic carbocycles. The Morgan fingerprint density at radius 1 is 1.05 bits per heavy atom. The van der Waals surface area contributed by atoms with Gasteiger partial charge in [-0.1, -0.05) is 56.3 Å². The molecule has 104 valence electrons. The predicted molar refractivity (Wildman–Crippen MR) is 82.7 cm³/mol. The predicted octanol–water partition coefficient (Wildman–Crippen LogP) is 2.98. The highest BCUT2D eigenvalue weighted by Gasteiger charge is 2.21. The van der Waals surface area contributed by atoms with E-state index in [4.69, 9.17) is 5.73 Å². The van der Waals surface area contributed by atoms with Crippen LogP contribution in [0.15, 0.2) is 54.6 Å². The van der Waals surface area contributed by atoms with Crippen molar-refractivity contribution in [2.75, 3.05) is 12.3 Å². The van der Waals surface area contributed by atoms with E-state index < -0.39 is 0 Å². The first-order valence-corrected chi connectivity index (χ1v) is 6.69. The number of hydrogen-bond donors (Lipinski definition) is 2. The molecule has 20 heavy (non-hydrogen) atoms. The highest BCUT2D eigenvalue weighted by atomic mass is 16.1. The Bertz CT molecular complexity index is 591. The summed E-state index contributed by atoms with van der Waals surface area (Å²) in [6.07, 6.45) is 0. The van der Waals surface area contributed by atoms with Gasteiger partial charge in [0.25, 0.3) is 5.91 Å². The molecule has 0 spiro atoms. The third-order valence-corrected chi connectivity index (χ3v) is 3.45. The average molecular weight is 268 g/mol. The number of nitrogens with two attached hydrogens (primary N) is 1. The molecule has 3 nitrogen and oxygen atoms in total. The average Bonchev–Trinajstić information content (AvgIpc) is 2.46. The second-order valence-corrected chi connectivity index (χ2v) is 5.52. The Morgan fingerprint density at radius 3 is 2.30 bits per heavy atom. The molecule has 0 aliphatic rings. The van der Waals surface area contributed by atoms with Crippen LogP contribution in [0, 0.1) is 0 Å². The largest absolute Gasteiger partial charge is 0.398 e. The summed E-state index contributed by atoms with van der Waals surface area (Å²) in [6, 6.07) is 17.3. The normalized spacial score (nSPS) is 11.1. The number of amides is 1. The van der Waals surface area contributed by atoms with Crippen molar-refractivity contribution in [3.63, 3.8) is 0 Å². The second kappa shape index (κ2) is 5.78. The fraction of sp³-hybridized carbons (Fsp3) is 0.235. The zero-order valence-corrected chi connectivity index (χ0v) is 11.9. The molecule has 0 saturated heterocycles. The molecule has 0 aromatic heterocycles. The van der Waals surface area contributed by atoms with Crippen LogP contribution in [-0.2, 0) is 5.41 Å². The van der Waals surface area contributed by atoms with E-state index in [1.165, 1.54) is 5.56 Å². The third-order valence-electron chi connectivity index (χ3n) is 3.45. The zero-order valence-electron chi connectivity index (χ0n) is 11.9. The lowest BCUT2D eigenvalue weighted by atomic mass is 9.84. The molecule has 3 heteroatoms. The highest BCUT2D eigenvalue weighted by Crippen LogP contribution is 2.22. The van der Waals surface area contributed by atoms with E-state index >= 15 is 0 Å². The number of para-hydroxylation sites is 1. The van der Waals surface area contributed by atoms with Crippen molar-refractivity contribution in [2.24, 2.45) is 0 Å². The smallest absolute Gasteiger partial charge is 0.253 e. The third kappa shape index (κ3) is 3.18. The van der Waals surface area contributed by atoms with Crippen LogP contribution >= 0.6 is 0 Å². The fourth-order valence-corrected chi connectivity index (χ4v) is 2.09. The Balaban J connectivity index is 2.05. The molecule has 0 fully saturated rings. The minimum absolute atomic E-state index is 0.125. The molecule has 2 aromatic rings. The maximum absolute atomic E-state index is 12.2. The van der Waals surface area contributed by atoms with E-state index in [9.17, 15) is 4.79 Å². The van der Waals surface area contributed by atoms with E-state index in [0.29, 0.717) is 17.8 Å². The van der Waals surface area contributed by atoms with Crippen LogP contribution in [0.2, 0.25) is 0 Å². The number of benzene rings is 2. The number of hydrogen-bond acceptors (Lipinski definition) is 2. The molecule has 0 bridgehead atoms. The molecule has 0 aliphatic heterocycles. The fourth-order valence-electron chi connectivity index (χ4n) is 2.09. The number of carbonyl (C=O) groups is 1. The van der Waals surface area contributed by atoms with Gasteiger partial charge in [-0.3, -0.25) is 4.79 Å². The van der Waals surface area contributed by atoms with Crippen LogP contribution in [0.4, 0.5) is 5.69 Å². The van der Waals surface area contributed by atoms with Crippen LogP contribution in [0.25, 0.3) is 0 Å². The van der Waals surface area contributed by atoms with Gasteiger partial charge < -0.3 is 11.1 Å². The summed E-state index contributed by atoms with van der Waals surface area (Å²) < 4.78 is 0. The molecule has 3 N–H and O–H groups in total. The van der Waals surface area contributed by atoms with Gasteiger partial charge in [0.2, 0.25) is 0 Å². The summed E-state index contributed by atoms with van der Waals surface area (Å²) in [5, 5.41) is 2.96. The lowest BCUT2D eigenvalue weighted by Crippen LogP contribution is -2.36. The first-order chi connectivity index (χ1) is 9.50. The Labute approximate surface area is 119 Å². The summed E-state index contributed by atoms with van der Waals surface area (Å²) in [4.78, 5) is 12.2. The van der Waals surface area contributed by atoms with Crippen LogP contribution in [0.1, 0.15) is 29.8 Å². The lowest BCUT2D eigenvalue weighted by Gasteiger charge is -2.25. The van der Waals surface area contributed by atoms with E-state index in [1.54, 1.807) is 12.1 Å². The number of anilines is 1. The Morgan fingerprint density at radius 2 is 1.65 bits per heavy atom. The molecular weight excluding hydrogens is 248 g/mol. The Hall–Kier alpha value is -2.29. The standard InChI is InChI=1S/C17H20N2O/c1-17(2,13-8-4-3-5-9-13)12-19-16(20)14-10-6-7-11-15(14)18/h3-11H,12,18H2,1-2H3,(H,19,20). The zero-order chi connectivity index (χ0) is 14.6. The van der Waals surface area contributed by atoms with Gasteiger partial charge in [0.05, 0.1) is 5.56 Å². The van der Waals surface area contributed by atoms with Gasteiger partial charge >= 0.3 is 0 Å². The Kier molecular flexibility index (Phi) is 4.08. The second-order valence-electron chi connectivity index (χ2n) is 5.52. The molecule has 0 atom stereocenters. The molecule has 0 heterocycles. The van der Waals surface area contributed by atoms with Crippen LogP contribution in [0.5, 0.6) is 0 Å². The summed E-state index contributed by atoms with van der Waals surface area (Å²) in [7, 11) is 0. The van der Waals surface area contributed by atoms with E-state index in [1.807, 2.05) is 30.3 Å². The van der Waals surface area contributed by atoms with E-state index in [0.717, 1.165) is 0 Å². The van der Waals surface area contributed by atoms with Gasteiger partial charge in [-0.15, -0.1) is 0 Å². The minimum atomic E-state index is -0.132. The molecular formula is C17H20N2O. The molecule has 0 saturated carbocycles. The van der Waals surface area contributed by atoms with Gasteiger partial charge in [0.15, 0.2) is 0 Å². The van der Waals surface area contributed by atoms with Crippen LogP contribution < -0.4 is 11.1 Å². The summed E-state index contributed by atoms with van der Waals surface area (Å²) in [5.41, 5.74) is 7.91. The van der Waals surface area contributed by atoms with Crippen molar-refractivity contribution in [3.05, 3.63) is 65.7 Å². The summed E-state index contributed by atoms with van der Waals surface area (Å²) in [5.74, 6) is -0.132. The highest BCUT2D eigenvalue weighted by molar-refractivity contribution is 5.99. The number of carbonyl (C=O) groups excluding carboxylic acids is 1. The SMILES string of the molecule is CC(C)(CNC(=O)c1ccccc1N)c1ccccc1. The molecule has 0 unspecified atom stereocenters. The van der Waals surface area contributed by atoms with Gasteiger partial charge in [-0.2, -0.15) is 0 Å². The van der Waals surface area contributed by atoms with Crippen molar-refractivity contribution in [1.82, 2.24) is 5.32 Å². The molecule has 2 aromatic carbocycles. The van der Waals surface area contributed by atoms with Gasteiger partial charge in [-0.25, -0.2) is 0 Å². The van der Waals surface area contributed by atoms with Crippen molar-refractivity contribution < 1.29 is 4.79 Å². The van der Waals surface area contributed by atoms with Crippen molar-refractivity contribution in [2.45, 2.75) is 19.3 Å². The van der Waals surface area contributed by atoms with E-state index in [2.05, 4.69) is 31.3 Å². The number of nitrogen functional groups attached to an aromatic ring is 1. The summed E-state index contributed by atoms with van der Waals surface area (Å²) >= 11 is 0.